The van der Waals surface area contributed by atoms with Gasteiger partial charge in [-0.25, -0.2) is 0 Å². The van der Waals surface area contributed by atoms with Gasteiger partial charge in [0.15, 0.2) is 0 Å². The summed E-state index contributed by atoms with van der Waals surface area (Å²) in [5, 5.41) is 3.33. The molecule has 0 saturated carbocycles. The van der Waals surface area contributed by atoms with Crippen molar-refractivity contribution in [3.05, 3.63) is 0 Å². The smallest absolute Gasteiger partial charge is 0.240 e. The number of carbonyl (C=O) groups excluding carboxylic acids is 2. The van der Waals surface area contributed by atoms with Gasteiger partial charge in [-0.1, -0.05) is 20.3 Å². The van der Waals surface area contributed by atoms with Gasteiger partial charge in [0, 0.05) is 12.6 Å². The summed E-state index contributed by atoms with van der Waals surface area (Å²) in [6, 6.07) is -0.363. The predicted molar refractivity (Wildman–Crippen MR) is 75.4 cm³/mol. The molecule has 0 aromatic carbocycles. The van der Waals surface area contributed by atoms with Gasteiger partial charge in [-0.2, -0.15) is 0 Å². The van der Waals surface area contributed by atoms with Crippen LogP contribution in [-0.2, 0) is 9.59 Å². The largest absolute Gasteiger partial charge is 0.331 e. The van der Waals surface area contributed by atoms with Crippen molar-refractivity contribution in [1.82, 2.24) is 10.2 Å². The second-order valence-electron chi connectivity index (χ2n) is 5.52. The Labute approximate surface area is 115 Å². The third-order valence-electron chi connectivity index (χ3n) is 3.48. The van der Waals surface area contributed by atoms with Crippen LogP contribution in [-0.4, -0.2) is 48.3 Å². The number of carbonyl (C=O) groups is 1. The van der Waals surface area contributed by atoms with E-state index in [-0.39, 0.29) is 11.9 Å². The average molecular weight is 268 g/mol. The van der Waals surface area contributed by atoms with E-state index in [1.54, 1.807) is 4.90 Å². The quantitative estimate of drug-likeness (QED) is 0.632. The van der Waals surface area contributed by atoms with Crippen molar-refractivity contribution in [1.29, 1.82) is 0 Å². The molecule has 1 heterocycles. The molecule has 2 atom stereocenters. The molecular formula is C14H26N3O2. The van der Waals surface area contributed by atoms with Crippen LogP contribution >= 0.6 is 0 Å². The Kier molecular flexibility index (Phi) is 7.02. The summed E-state index contributed by atoms with van der Waals surface area (Å²) in [7, 11) is 0. The van der Waals surface area contributed by atoms with Gasteiger partial charge in [-0.15, -0.1) is 0 Å². The molecular weight excluding hydrogens is 242 g/mol. The number of hydrogen-bond acceptors (Lipinski definition) is 4. The summed E-state index contributed by atoms with van der Waals surface area (Å²) in [4.78, 5) is 24.4. The van der Waals surface area contributed by atoms with Crippen LogP contribution in [0.5, 0.6) is 0 Å². The molecule has 0 aliphatic carbocycles. The lowest BCUT2D eigenvalue weighted by atomic mass is 10.1. The van der Waals surface area contributed by atoms with Gasteiger partial charge in [0.1, 0.15) is 0 Å². The molecule has 1 aliphatic heterocycles. The van der Waals surface area contributed by atoms with Crippen LogP contribution in [0.4, 0.5) is 0 Å². The Morgan fingerprint density at radius 3 is 2.84 bits per heavy atom. The van der Waals surface area contributed by atoms with Crippen LogP contribution in [0.1, 0.15) is 46.0 Å². The number of amides is 1. The van der Waals surface area contributed by atoms with Gasteiger partial charge in [0.05, 0.1) is 12.1 Å². The topological polar surface area (TPSA) is 75.4 Å². The standard InChI is InChI=1S/C14H26N3O2/c1-11(2)16-8-4-3-7-13(15)14(19)17-9-5-6-12(17)10-18/h11-13,16H,3-9,15H2,1-2H3/t12-,13-/m0/s1. The fourth-order valence-corrected chi connectivity index (χ4v) is 2.37. The molecule has 1 rings (SSSR count). The molecule has 1 radical (unpaired) electrons. The Morgan fingerprint density at radius 2 is 2.21 bits per heavy atom. The molecule has 0 spiro atoms. The molecule has 0 unspecified atom stereocenters. The number of nitrogens with two attached hydrogens (primary N) is 1. The van der Waals surface area contributed by atoms with Gasteiger partial charge in [0.2, 0.25) is 12.2 Å². The maximum atomic E-state index is 12.1. The molecule has 0 aromatic heterocycles. The second-order valence-corrected chi connectivity index (χ2v) is 5.52. The van der Waals surface area contributed by atoms with E-state index in [0.717, 1.165) is 32.2 Å². The number of nitrogens with zero attached hydrogens (tertiary/aromatic N) is 1. The lowest BCUT2D eigenvalue weighted by molar-refractivity contribution is -0.132. The van der Waals surface area contributed by atoms with E-state index in [1.165, 1.54) is 0 Å². The van der Waals surface area contributed by atoms with Crippen molar-refractivity contribution < 1.29 is 9.59 Å². The van der Waals surface area contributed by atoms with Crippen molar-refractivity contribution in [3.8, 4) is 0 Å². The third-order valence-corrected chi connectivity index (χ3v) is 3.48. The molecule has 19 heavy (non-hydrogen) atoms. The number of likely N-dealkylation sites (tertiary alicyclic amines) is 1. The van der Waals surface area contributed by atoms with Crippen molar-refractivity contribution in [2.24, 2.45) is 5.73 Å². The molecule has 1 aliphatic rings. The summed E-state index contributed by atoms with van der Waals surface area (Å²) in [5.41, 5.74) is 5.91. The summed E-state index contributed by atoms with van der Waals surface area (Å²) >= 11 is 0. The van der Waals surface area contributed by atoms with Crippen LogP contribution in [0.2, 0.25) is 0 Å². The summed E-state index contributed by atoms with van der Waals surface area (Å²) in [5.74, 6) is -0.0948. The van der Waals surface area contributed by atoms with Crippen LogP contribution in [0, 0.1) is 0 Å². The van der Waals surface area contributed by atoms with Gasteiger partial charge >= 0.3 is 0 Å². The number of nitrogens with one attached hydrogen (secondary N) is 1. The molecule has 1 fully saturated rings. The first-order valence-corrected chi connectivity index (χ1v) is 7.23. The van der Waals surface area contributed by atoms with Crippen LogP contribution < -0.4 is 11.1 Å². The maximum Gasteiger partial charge on any atom is 0.240 e. The van der Waals surface area contributed by atoms with Gasteiger partial charge in [-0.05, 0) is 32.2 Å². The van der Waals surface area contributed by atoms with Crippen molar-refractivity contribution in [3.63, 3.8) is 0 Å². The van der Waals surface area contributed by atoms with Crippen LogP contribution in [0.25, 0.3) is 0 Å². The lowest BCUT2D eigenvalue weighted by Gasteiger charge is -2.23. The van der Waals surface area contributed by atoms with Gasteiger partial charge in [-0.3, -0.25) is 9.59 Å². The average Bonchev–Trinajstić information content (AvgIpc) is 2.85. The highest BCUT2D eigenvalue weighted by Gasteiger charge is 2.31. The number of rotatable bonds is 8. The normalized spacial score (nSPS) is 20.8. The van der Waals surface area contributed by atoms with E-state index in [1.807, 2.05) is 6.29 Å². The minimum absolute atomic E-state index is 0.0948. The molecule has 0 aromatic rings. The number of hydrogen-bond donors (Lipinski definition) is 2. The van der Waals surface area contributed by atoms with E-state index >= 15 is 0 Å². The Hall–Kier alpha value is -0.940. The Balaban J connectivity index is 2.23. The van der Waals surface area contributed by atoms with Crippen molar-refractivity contribution in [2.75, 3.05) is 13.1 Å². The van der Waals surface area contributed by atoms with Crippen LogP contribution in [0.15, 0.2) is 0 Å². The minimum atomic E-state index is -0.479. The van der Waals surface area contributed by atoms with Crippen molar-refractivity contribution in [2.45, 2.75) is 64.1 Å². The molecule has 109 valence electrons. The fraction of sp³-hybridized carbons (Fsp3) is 0.857. The highest BCUT2D eigenvalue weighted by Crippen LogP contribution is 2.17. The minimum Gasteiger partial charge on any atom is -0.331 e. The summed E-state index contributed by atoms with van der Waals surface area (Å²) in [6.07, 6.45) is 6.15. The first kappa shape index (κ1) is 16.1. The Morgan fingerprint density at radius 1 is 1.47 bits per heavy atom. The first-order chi connectivity index (χ1) is 9.06. The highest BCUT2D eigenvalue weighted by molar-refractivity contribution is 5.84. The molecule has 5 nitrogen and oxygen atoms in total. The molecule has 0 bridgehead atoms. The number of unbranched alkanes of at least 4 members (excludes halogenated alkanes) is 1. The Bertz CT molecular complexity index is 294. The fourth-order valence-electron chi connectivity index (χ4n) is 2.37. The van der Waals surface area contributed by atoms with Gasteiger partial charge in [0.25, 0.3) is 0 Å². The summed E-state index contributed by atoms with van der Waals surface area (Å²) in [6.45, 7) is 5.81. The highest BCUT2D eigenvalue weighted by atomic mass is 16.2. The third kappa shape index (κ3) is 5.28. The molecule has 3 N–H and O–H groups in total. The predicted octanol–water partition coefficient (Wildman–Crippen LogP) is 0.583. The molecule has 5 heteroatoms. The lowest BCUT2D eigenvalue weighted by Crippen LogP contribution is -2.46. The molecule has 1 amide bonds. The second kappa shape index (κ2) is 8.27. The molecule has 1 saturated heterocycles. The monoisotopic (exact) mass is 268 g/mol. The van der Waals surface area contributed by atoms with E-state index in [0.29, 0.717) is 19.0 Å². The zero-order valence-corrected chi connectivity index (χ0v) is 12.0. The SMILES string of the molecule is CC(C)NCCCC[C@H](N)C(=O)N1CCC[C@H]1[C]=O. The summed E-state index contributed by atoms with van der Waals surface area (Å²) < 4.78 is 0. The zero-order chi connectivity index (χ0) is 14.3. The van der Waals surface area contributed by atoms with E-state index in [9.17, 15) is 9.59 Å². The van der Waals surface area contributed by atoms with Crippen LogP contribution in [0.3, 0.4) is 0 Å². The van der Waals surface area contributed by atoms with E-state index in [2.05, 4.69) is 19.2 Å². The van der Waals surface area contributed by atoms with E-state index < -0.39 is 6.04 Å². The first-order valence-electron chi connectivity index (χ1n) is 7.23. The van der Waals surface area contributed by atoms with Gasteiger partial charge < -0.3 is 16.0 Å². The maximum absolute atomic E-state index is 12.1. The van der Waals surface area contributed by atoms with E-state index in [4.69, 9.17) is 5.73 Å². The zero-order valence-electron chi connectivity index (χ0n) is 12.0. The van der Waals surface area contributed by atoms with Crippen molar-refractivity contribution >= 4 is 12.2 Å².